The Morgan fingerprint density at radius 2 is 1.53 bits per heavy atom. The van der Waals surface area contributed by atoms with Gasteiger partial charge in [-0.15, -0.1) is 0 Å². The number of fused-ring (bicyclic) bond motifs is 1. The summed E-state index contributed by atoms with van der Waals surface area (Å²) in [5.74, 6) is 0. The van der Waals surface area contributed by atoms with Gasteiger partial charge in [0.15, 0.2) is 8.32 Å². The third kappa shape index (κ3) is 5.17. The molecule has 0 heterocycles. The van der Waals surface area contributed by atoms with Crippen molar-refractivity contribution in [2.24, 2.45) is 0 Å². The molecule has 0 aliphatic heterocycles. The molecule has 3 aromatic rings. The van der Waals surface area contributed by atoms with E-state index in [1.807, 2.05) is 19.1 Å². The Morgan fingerprint density at radius 3 is 2.20 bits per heavy atom. The Morgan fingerprint density at radius 1 is 0.867 bits per heavy atom. The van der Waals surface area contributed by atoms with Crippen molar-refractivity contribution in [2.45, 2.75) is 67.6 Å². The molecule has 0 fully saturated rings. The number of aliphatic hydroxyl groups is 1. The second kappa shape index (κ2) is 8.87. The Balaban J connectivity index is 1.81. The summed E-state index contributed by atoms with van der Waals surface area (Å²) in [6, 6.07) is 23.2. The topological polar surface area (TPSA) is 29.5 Å². The van der Waals surface area contributed by atoms with Crippen LogP contribution in [0.1, 0.15) is 39.7 Å². The van der Waals surface area contributed by atoms with E-state index < -0.39 is 13.9 Å². The summed E-state index contributed by atoms with van der Waals surface area (Å²) in [6.45, 7) is 13.5. The maximum atomic E-state index is 11.4. The molecule has 2 nitrogen and oxygen atoms in total. The summed E-state index contributed by atoms with van der Waals surface area (Å²) < 4.78 is 6.39. The van der Waals surface area contributed by atoms with E-state index >= 15 is 0 Å². The van der Waals surface area contributed by atoms with Gasteiger partial charge in [0.2, 0.25) is 0 Å². The first-order chi connectivity index (χ1) is 14.0. The Bertz CT molecular complexity index is 1010. The lowest BCUT2D eigenvalue weighted by Crippen LogP contribution is -2.45. The minimum absolute atomic E-state index is 0.120. The van der Waals surface area contributed by atoms with Gasteiger partial charge in [0.05, 0.1) is 6.61 Å². The molecular formula is C26H34O2SSi. The molecule has 1 unspecified atom stereocenters. The van der Waals surface area contributed by atoms with E-state index in [9.17, 15) is 5.11 Å². The van der Waals surface area contributed by atoms with Gasteiger partial charge in [-0.2, -0.15) is 0 Å². The van der Waals surface area contributed by atoms with Crippen LogP contribution >= 0.6 is 11.8 Å². The molecule has 160 valence electrons. The molecule has 0 spiro atoms. The van der Waals surface area contributed by atoms with E-state index in [0.29, 0.717) is 13.0 Å². The van der Waals surface area contributed by atoms with Gasteiger partial charge in [-0.05, 0) is 65.2 Å². The van der Waals surface area contributed by atoms with Crippen LogP contribution in [0.3, 0.4) is 0 Å². The van der Waals surface area contributed by atoms with Crippen molar-refractivity contribution in [2.75, 3.05) is 6.61 Å². The fraction of sp³-hybridized carbons (Fsp3) is 0.385. The van der Waals surface area contributed by atoms with Crippen LogP contribution in [0.15, 0.2) is 76.5 Å². The molecule has 4 heteroatoms. The average Bonchev–Trinajstić information content (AvgIpc) is 2.71. The number of rotatable bonds is 7. The summed E-state index contributed by atoms with van der Waals surface area (Å²) >= 11 is 1.73. The highest BCUT2D eigenvalue weighted by Gasteiger charge is 2.40. The number of hydrogen-bond donors (Lipinski definition) is 1. The highest BCUT2D eigenvalue weighted by molar-refractivity contribution is 7.99. The highest BCUT2D eigenvalue weighted by atomic mass is 32.2. The van der Waals surface area contributed by atoms with Crippen molar-refractivity contribution in [3.63, 3.8) is 0 Å². The monoisotopic (exact) mass is 438 g/mol. The smallest absolute Gasteiger partial charge is 0.192 e. The van der Waals surface area contributed by atoms with Crippen LogP contribution in [-0.4, -0.2) is 20.0 Å². The maximum absolute atomic E-state index is 11.4. The predicted octanol–water partition coefficient (Wildman–Crippen LogP) is 7.61. The summed E-state index contributed by atoms with van der Waals surface area (Å²) in [7, 11) is -1.93. The second-order valence-corrected chi connectivity index (χ2v) is 15.5. The van der Waals surface area contributed by atoms with Gasteiger partial charge in [0.1, 0.15) is 5.60 Å². The molecule has 1 atom stereocenters. The van der Waals surface area contributed by atoms with Crippen molar-refractivity contribution in [3.05, 3.63) is 72.3 Å². The van der Waals surface area contributed by atoms with Crippen LogP contribution in [0, 0.1) is 0 Å². The minimum atomic E-state index is -1.93. The predicted molar refractivity (Wildman–Crippen MR) is 132 cm³/mol. The number of hydrogen-bond acceptors (Lipinski definition) is 3. The molecule has 30 heavy (non-hydrogen) atoms. The lowest BCUT2D eigenvalue weighted by molar-refractivity contribution is -0.0176. The third-order valence-corrected chi connectivity index (χ3v) is 11.8. The van der Waals surface area contributed by atoms with Crippen LogP contribution in [-0.2, 0) is 10.0 Å². The Kier molecular flexibility index (Phi) is 6.83. The van der Waals surface area contributed by atoms with Crippen molar-refractivity contribution in [1.82, 2.24) is 0 Å². The molecule has 0 saturated heterocycles. The molecular weight excluding hydrogens is 404 g/mol. The zero-order valence-corrected chi connectivity index (χ0v) is 20.8. The van der Waals surface area contributed by atoms with E-state index in [2.05, 4.69) is 88.5 Å². The molecule has 0 aliphatic carbocycles. The van der Waals surface area contributed by atoms with Crippen LogP contribution in [0.25, 0.3) is 10.8 Å². The molecule has 3 rings (SSSR count). The molecule has 0 radical (unpaired) electrons. The number of benzene rings is 3. The van der Waals surface area contributed by atoms with Crippen molar-refractivity contribution in [3.8, 4) is 0 Å². The minimum Gasteiger partial charge on any atom is -0.414 e. The van der Waals surface area contributed by atoms with Crippen molar-refractivity contribution >= 4 is 30.9 Å². The van der Waals surface area contributed by atoms with Crippen molar-refractivity contribution < 1.29 is 9.53 Å². The second-order valence-electron chi connectivity index (χ2n) is 9.57. The van der Waals surface area contributed by atoms with Crippen LogP contribution in [0.5, 0.6) is 0 Å². The van der Waals surface area contributed by atoms with E-state index in [-0.39, 0.29) is 5.04 Å². The highest BCUT2D eigenvalue weighted by Crippen LogP contribution is 2.39. The third-order valence-electron chi connectivity index (χ3n) is 6.39. The largest absolute Gasteiger partial charge is 0.414 e. The zero-order chi connectivity index (χ0) is 22.0. The van der Waals surface area contributed by atoms with Gasteiger partial charge in [0, 0.05) is 9.79 Å². The molecule has 0 amide bonds. The van der Waals surface area contributed by atoms with Gasteiger partial charge in [-0.25, -0.2) is 0 Å². The maximum Gasteiger partial charge on any atom is 0.192 e. The average molecular weight is 439 g/mol. The van der Waals surface area contributed by atoms with Gasteiger partial charge in [-0.3, -0.25) is 0 Å². The summed E-state index contributed by atoms with van der Waals surface area (Å²) in [5.41, 5.74) is -0.0513. The van der Waals surface area contributed by atoms with Crippen LogP contribution < -0.4 is 0 Å². The Labute approximate surface area is 186 Å². The molecule has 0 bridgehead atoms. The summed E-state index contributed by atoms with van der Waals surface area (Å²) in [6.07, 6.45) is 0.617. The molecule has 0 aromatic heterocycles. The zero-order valence-electron chi connectivity index (χ0n) is 19.0. The first-order valence-corrected chi connectivity index (χ1v) is 14.4. The van der Waals surface area contributed by atoms with Gasteiger partial charge >= 0.3 is 0 Å². The van der Waals surface area contributed by atoms with Gasteiger partial charge in [0.25, 0.3) is 0 Å². The fourth-order valence-electron chi connectivity index (χ4n) is 3.12. The standard InChI is InChI=1S/C26H34O2SSi/c1-7-26(27,19-28-30(5,6)25(2,3)4)22-13-10-14-23(18-22)29-24-16-15-20-11-8-9-12-21(20)17-24/h8-18,27H,7,19H2,1-6H3. The first-order valence-electron chi connectivity index (χ1n) is 10.7. The summed E-state index contributed by atoms with van der Waals surface area (Å²) in [4.78, 5) is 2.32. The molecule has 0 saturated carbocycles. The van der Waals surface area contributed by atoms with Crippen LogP contribution in [0.2, 0.25) is 18.1 Å². The molecule has 3 aromatic carbocycles. The van der Waals surface area contributed by atoms with E-state index in [1.165, 1.54) is 15.7 Å². The normalized spacial score (nSPS) is 14.6. The fourth-order valence-corrected chi connectivity index (χ4v) is 5.08. The van der Waals surface area contributed by atoms with Crippen molar-refractivity contribution in [1.29, 1.82) is 0 Å². The lowest BCUT2D eigenvalue weighted by Gasteiger charge is -2.39. The van der Waals surface area contributed by atoms with Crippen LogP contribution in [0.4, 0.5) is 0 Å². The van der Waals surface area contributed by atoms with E-state index in [4.69, 9.17) is 4.43 Å². The van der Waals surface area contributed by atoms with Gasteiger partial charge in [-0.1, -0.05) is 81.9 Å². The van der Waals surface area contributed by atoms with Gasteiger partial charge < -0.3 is 9.53 Å². The van der Waals surface area contributed by atoms with E-state index in [0.717, 1.165) is 10.5 Å². The Hall–Kier alpha value is -1.59. The molecule has 0 aliphatic rings. The lowest BCUT2D eigenvalue weighted by atomic mass is 9.92. The molecule has 1 N–H and O–H groups in total. The summed E-state index contributed by atoms with van der Waals surface area (Å²) in [5, 5.41) is 14.1. The van der Waals surface area contributed by atoms with E-state index in [1.54, 1.807) is 11.8 Å². The SMILES string of the molecule is CCC(O)(CO[Si](C)(C)C(C)(C)C)c1cccc(Sc2ccc3ccccc3c2)c1. The quantitative estimate of drug-likeness (QED) is 0.385. The first kappa shape index (κ1) is 23.1.